The number of carbonyl (C=O) groups excluding carboxylic acids is 2. The van der Waals surface area contributed by atoms with Gasteiger partial charge in [0.05, 0.1) is 0 Å². The average Bonchev–Trinajstić information content (AvgIpc) is 2.72. The summed E-state index contributed by atoms with van der Waals surface area (Å²) in [5, 5.41) is 3.68. The summed E-state index contributed by atoms with van der Waals surface area (Å²) in [5.41, 5.74) is -0.626. The zero-order chi connectivity index (χ0) is 16.3. The Morgan fingerprint density at radius 2 is 1.74 bits per heavy atom. The molecule has 1 heterocycles. The first-order valence-corrected chi connectivity index (χ1v) is 9.50. The van der Waals surface area contributed by atoms with Crippen LogP contribution in [-0.4, -0.2) is 34.7 Å². The summed E-state index contributed by atoms with van der Waals surface area (Å²) in [5.74, 6) is 0.665. The van der Waals surface area contributed by atoms with Crippen molar-refractivity contribution in [3.05, 3.63) is 29.3 Å². The summed E-state index contributed by atoms with van der Waals surface area (Å²) in [6, 6.07) is 7.36. The smallest absolute Gasteiger partial charge is 0.323 e. The molecule has 124 valence electrons. The highest BCUT2D eigenvalue weighted by atomic mass is 35.5. The number of nitrogens with one attached hydrogen (secondary N) is 1. The van der Waals surface area contributed by atoms with E-state index in [9.17, 15) is 9.59 Å². The maximum absolute atomic E-state index is 12.7. The van der Waals surface area contributed by atoms with Crippen LogP contribution in [0, 0.1) is 0 Å². The van der Waals surface area contributed by atoms with Crippen LogP contribution in [0.4, 0.5) is 4.79 Å². The van der Waals surface area contributed by atoms with E-state index in [4.69, 9.17) is 11.6 Å². The van der Waals surface area contributed by atoms with Gasteiger partial charge in [0.1, 0.15) is 5.54 Å². The van der Waals surface area contributed by atoms with Crippen molar-refractivity contribution in [3.8, 4) is 0 Å². The van der Waals surface area contributed by atoms with Crippen LogP contribution < -0.4 is 5.32 Å². The summed E-state index contributed by atoms with van der Waals surface area (Å²) in [6.07, 6.45) is 5.88. The van der Waals surface area contributed by atoms with Crippen LogP contribution in [0.25, 0.3) is 0 Å². The van der Waals surface area contributed by atoms with Crippen molar-refractivity contribution in [2.75, 3.05) is 12.3 Å². The lowest BCUT2D eigenvalue weighted by atomic mass is 9.90. The Morgan fingerprint density at radius 3 is 2.39 bits per heavy atom. The molecule has 2 fully saturated rings. The Bertz CT molecular complexity index is 583. The molecule has 1 aromatic rings. The van der Waals surface area contributed by atoms with Crippen molar-refractivity contribution in [1.29, 1.82) is 0 Å². The van der Waals surface area contributed by atoms with E-state index in [0.29, 0.717) is 17.3 Å². The molecule has 23 heavy (non-hydrogen) atoms. The molecule has 3 amide bonds. The van der Waals surface area contributed by atoms with Gasteiger partial charge in [-0.25, -0.2) is 4.79 Å². The third-order valence-corrected chi connectivity index (χ3v) is 5.84. The molecule has 0 radical (unpaired) electrons. The summed E-state index contributed by atoms with van der Waals surface area (Å²) >= 11 is 7.50. The lowest BCUT2D eigenvalue weighted by Crippen LogP contribution is -2.46. The zero-order valence-electron chi connectivity index (χ0n) is 13.0. The number of nitrogens with zero attached hydrogens (tertiary/aromatic N) is 1. The molecule has 1 saturated carbocycles. The number of hydrogen-bond acceptors (Lipinski definition) is 3. The van der Waals surface area contributed by atoms with Gasteiger partial charge in [-0.05, 0) is 37.1 Å². The van der Waals surface area contributed by atoms with Crippen LogP contribution in [0.15, 0.2) is 29.2 Å². The van der Waals surface area contributed by atoms with Crippen molar-refractivity contribution in [2.45, 2.75) is 49.0 Å². The van der Waals surface area contributed by atoms with Crippen molar-refractivity contribution < 1.29 is 9.59 Å². The zero-order valence-corrected chi connectivity index (χ0v) is 14.6. The number of imide groups is 1. The normalized spacial score (nSPS) is 20.7. The van der Waals surface area contributed by atoms with E-state index < -0.39 is 5.54 Å². The molecule has 0 aromatic heterocycles. The van der Waals surface area contributed by atoms with Gasteiger partial charge < -0.3 is 5.32 Å². The summed E-state index contributed by atoms with van der Waals surface area (Å²) < 4.78 is 0. The van der Waals surface area contributed by atoms with Crippen LogP contribution in [0.2, 0.25) is 5.02 Å². The fourth-order valence-corrected chi connectivity index (χ4v) is 4.30. The second-order valence-electron chi connectivity index (χ2n) is 6.19. The predicted octanol–water partition coefficient (Wildman–Crippen LogP) is 4.08. The number of amides is 3. The minimum Gasteiger partial charge on any atom is -0.323 e. The Morgan fingerprint density at radius 1 is 1.09 bits per heavy atom. The van der Waals surface area contributed by atoms with E-state index in [1.165, 1.54) is 4.90 Å². The van der Waals surface area contributed by atoms with E-state index in [2.05, 4.69) is 5.32 Å². The van der Waals surface area contributed by atoms with Crippen molar-refractivity contribution >= 4 is 35.3 Å². The SMILES string of the molecule is O=C1NC2(CCCCCC2)C(=O)N1CCSc1ccc(Cl)cc1. The van der Waals surface area contributed by atoms with Gasteiger partial charge in [-0.3, -0.25) is 9.69 Å². The summed E-state index contributed by atoms with van der Waals surface area (Å²) in [6.45, 7) is 0.444. The van der Waals surface area contributed by atoms with Crippen LogP contribution in [0.5, 0.6) is 0 Å². The Labute approximate surface area is 145 Å². The highest BCUT2D eigenvalue weighted by Gasteiger charge is 2.50. The second kappa shape index (κ2) is 7.14. The Hall–Kier alpha value is -1.20. The number of hydrogen-bond donors (Lipinski definition) is 1. The largest absolute Gasteiger partial charge is 0.325 e. The van der Waals surface area contributed by atoms with Gasteiger partial charge in [0.2, 0.25) is 0 Å². The first kappa shape index (κ1) is 16.7. The average molecular weight is 353 g/mol. The molecule has 0 unspecified atom stereocenters. The van der Waals surface area contributed by atoms with E-state index in [1.807, 2.05) is 24.3 Å². The molecule has 1 aliphatic carbocycles. The molecule has 1 saturated heterocycles. The topological polar surface area (TPSA) is 49.4 Å². The maximum atomic E-state index is 12.7. The van der Waals surface area contributed by atoms with Crippen molar-refractivity contribution in [3.63, 3.8) is 0 Å². The third-order valence-electron chi connectivity index (χ3n) is 4.60. The van der Waals surface area contributed by atoms with Crippen molar-refractivity contribution in [1.82, 2.24) is 10.2 Å². The number of rotatable bonds is 4. The number of halogens is 1. The Balaban J connectivity index is 1.58. The van der Waals surface area contributed by atoms with Gasteiger partial charge in [-0.15, -0.1) is 11.8 Å². The predicted molar refractivity (Wildman–Crippen MR) is 92.9 cm³/mol. The molecule has 0 atom stereocenters. The molecule has 1 N–H and O–H groups in total. The van der Waals surface area contributed by atoms with E-state index in [1.54, 1.807) is 11.8 Å². The molecule has 4 nitrogen and oxygen atoms in total. The van der Waals surface area contributed by atoms with Gasteiger partial charge in [0.15, 0.2) is 0 Å². The monoisotopic (exact) mass is 352 g/mol. The minimum atomic E-state index is -0.626. The molecule has 0 bridgehead atoms. The molecule has 1 aliphatic heterocycles. The quantitative estimate of drug-likeness (QED) is 0.656. The van der Waals surface area contributed by atoms with Gasteiger partial charge in [0.25, 0.3) is 5.91 Å². The standard InChI is InChI=1S/C17H21ClN2O2S/c18-13-5-7-14(8-6-13)23-12-11-20-15(21)17(19-16(20)22)9-3-1-2-4-10-17/h5-8H,1-4,9-12H2,(H,19,22). The molecule has 3 rings (SSSR count). The fraction of sp³-hybridized carbons (Fsp3) is 0.529. The molecule has 6 heteroatoms. The highest BCUT2D eigenvalue weighted by molar-refractivity contribution is 7.99. The molecule has 1 spiro atoms. The lowest BCUT2D eigenvalue weighted by Gasteiger charge is -2.24. The van der Waals surface area contributed by atoms with Crippen LogP contribution in [-0.2, 0) is 4.79 Å². The van der Waals surface area contributed by atoms with Gasteiger partial charge in [0, 0.05) is 22.2 Å². The molecular formula is C17H21ClN2O2S. The van der Waals surface area contributed by atoms with Crippen LogP contribution in [0.3, 0.4) is 0 Å². The van der Waals surface area contributed by atoms with Crippen molar-refractivity contribution in [2.24, 2.45) is 0 Å². The summed E-state index contributed by atoms with van der Waals surface area (Å²) in [4.78, 5) is 27.5. The lowest BCUT2D eigenvalue weighted by molar-refractivity contribution is -0.131. The number of carbonyl (C=O) groups is 2. The number of thioether (sulfide) groups is 1. The number of benzene rings is 1. The summed E-state index contributed by atoms with van der Waals surface area (Å²) in [7, 11) is 0. The molecule has 2 aliphatic rings. The maximum Gasteiger partial charge on any atom is 0.325 e. The second-order valence-corrected chi connectivity index (χ2v) is 7.79. The first-order chi connectivity index (χ1) is 11.1. The first-order valence-electron chi connectivity index (χ1n) is 8.13. The third kappa shape index (κ3) is 3.66. The number of urea groups is 1. The van der Waals surface area contributed by atoms with E-state index in [0.717, 1.165) is 43.4 Å². The van der Waals surface area contributed by atoms with E-state index in [-0.39, 0.29) is 11.9 Å². The van der Waals surface area contributed by atoms with Crippen LogP contribution >= 0.6 is 23.4 Å². The van der Waals surface area contributed by atoms with E-state index >= 15 is 0 Å². The van der Waals surface area contributed by atoms with Gasteiger partial charge >= 0.3 is 6.03 Å². The molecular weight excluding hydrogens is 332 g/mol. The Kier molecular flexibility index (Phi) is 5.17. The fourth-order valence-electron chi connectivity index (χ4n) is 3.34. The van der Waals surface area contributed by atoms with Crippen LogP contribution in [0.1, 0.15) is 38.5 Å². The molecule has 1 aromatic carbocycles. The van der Waals surface area contributed by atoms with Gasteiger partial charge in [-0.2, -0.15) is 0 Å². The van der Waals surface area contributed by atoms with Gasteiger partial charge in [-0.1, -0.05) is 37.3 Å². The highest BCUT2D eigenvalue weighted by Crippen LogP contribution is 2.33. The minimum absolute atomic E-state index is 0.0268.